The number of aliphatic carboxylic acids is 1. The number of hydrogen-bond donors (Lipinski definition) is 1. The zero-order valence-corrected chi connectivity index (χ0v) is 9.56. The van der Waals surface area contributed by atoms with Crippen molar-refractivity contribution in [2.75, 3.05) is 6.61 Å². The molecule has 0 fully saturated rings. The first-order chi connectivity index (χ1) is 7.67. The summed E-state index contributed by atoms with van der Waals surface area (Å²) < 4.78 is 5.30. The Morgan fingerprint density at radius 3 is 2.38 bits per heavy atom. The Morgan fingerprint density at radius 2 is 1.94 bits per heavy atom. The molecule has 16 heavy (non-hydrogen) atoms. The highest BCUT2D eigenvalue weighted by Gasteiger charge is 2.03. The van der Waals surface area contributed by atoms with Gasteiger partial charge in [0.1, 0.15) is 5.75 Å². The van der Waals surface area contributed by atoms with Gasteiger partial charge in [-0.15, -0.1) is 0 Å². The molecule has 0 radical (unpaired) electrons. The number of hydrogen-bond acceptors (Lipinski definition) is 2. The molecule has 0 saturated heterocycles. The molecule has 0 heterocycles. The standard InChI is InChI=1S/C13H16O3/c1-3-11(13(14)15)9-10-5-7-12(8-6-10)16-4-2/h5-9H,3-4H2,1-2H3,(H,14,15)/b11-9-. The average Bonchev–Trinajstić information content (AvgIpc) is 2.28. The van der Waals surface area contributed by atoms with Crippen molar-refractivity contribution >= 4 is 12.0 Å². The molecule has 0 aromatic heterocycles. The highest BCUT2D eigenvalue weighted by molar-refractivity contribution is 5.92. The fourth-order valence-electron chi connectivity index (χ4n) is 1.34. The maximum absolute atomic E-state index is 10.8. The highest BCUT2D eigenvalue weighted by Crippen LogP contribution is 2.15. The average molecular weight is 220 g/mol. The van der Waals surface area contributed by atoms with Gasteiger partial charge in [0.25, 0.3) is 0 Å². The van der Waals surface area contributed by atoms with E-state index in [1.165, 1.54) is 0 Å². The molecule has 0 aliphatic rings. The molecule has 0 atom stereocenters. The van der Waals surface area contributed by atoms with Crippen LogP contribution in [0.4, 0.5) is 0 Å². The van der Waals surface area contributed by atoms with Crippen LogP contribution < -0.4 is 4.74 Å². The molecule has 0 aliphatic heterocycles. The van der Waals surface area contributed by atoms with Gasteiger partial charge in [-0.3, -0.25) is 0 Å². The van der Waals surface area contributed by atoms with Gasteiger partial charge in [0.15, 0.2) is 0 Å². The van der Waals surface area contributed by atoms with E-state index in [1.54, 1.807) is 6.08 Å². The Balaban J connectivity index is 2.85. The maximum Gasteiger partial charge on any atom is 0.331 e. The van der Waals surface area contributed by atoms with E-state index >= 15 is 0 Å². The number of benzene rings is 1. The molecule has 86 valence electrons. The lowest BCUT2D eigenvalue weighted by molar-refractivity contribution is -0.132. The van der Waals surface area contributed by atoms with Gasteiger partial charge in [-0.05, 0) is 37.1 Å². The summed E-state index contributed by atoms with van der Waals surface area (Å²) in [4.78, 5) is 10.8. The van der Waals surface area contributed by atoms with Crippen LogP contribution in [0.25, 0.3) is 6.08 Å². The van der Waals surface area contributed by atoms with Gasteiger partial charge >= 0.3 is 5.97 Å². The van der Waals surface area contributed by atoms with Crippen molar-refractivity contribution in [1.29, 1.82) is 0 Å². The lowest BCUT2D eigenvalue weighted by Crippen LogP contribution is -1.98. The zero-order chi connectivity index (χ0) is 12.0. The van der Waals surface area contributed by atoms with Crippen molar-refractivity contribution < 1.29 is 14.6 Å². The van der Waals surface area contributed by atoms with Crippen molar-refractivity contribution in [1.82, 2.24) is 0 Å². The van der Waals surface area contributed by atoms with Crippen molar-refractivity contribution in [2.45, 2.75) is 20.3 Å². The van der Waals surface area contributed by atoms with Gasteiger partial charge in [0.05, 0.1) is 6.61 Å². The van der Waals surface area contributed by atoms with E-state index in [0.29, 0.717) is 18.6 Å². The summed E-state index contributed by atoms with van der Waals surface area (Å²) in [7, 11) is 0. The molecule has 1 rings (SSSR count). The van der Waals surface area contributed by atoms with Crippen molar-refractivity contribution in [3.8, 4) is 5.75 Å². The van der Waals surface area contributed by atoms with Crippen LogP contribution in [0.15, 0.2) is 29.8 Å². The van der Waals surface area contributed by atoms with Crippen LogP contribution in [0.1, 0.15) is 25.8 Å². The number of ether oxygens (including phenoxy) is 1. The summed E-state index contributed by atoms with van der Waals surface area (Å²) in [6.07, 6.45) is 2.20. The summed E-state index contributed by atoms with van der Waals surface area (Å²) in [5.74, 6) is -0.0654. The van der Waals surface area contributed by atoms with E-state index in [1.807, 2.05) is 38.1 Å². The lowest BCUT2D eigenvalue weighted by Gasteiger charge is -2.03. The van der Waals surface area contributed by atoms with E-state index in [0.717, 1.165) is 11.3 Å². The SMILES string of the molecule is CCOc1ccc(/C=C(/CC)C(=O)O)cc1. The molecule has 0 unspecified atom stereocenters. The van der Waals surface area contributed by atoms with E-state index in [9.17, 15) is 4.79 Å². The van der Waals surface area contributed by atoms with E-state index in [4.69, 9.17) is 9.84 Å². The number of carbonyl (C=O) groups is 1. The van der Waals surface area contributed by atoms with Crippen LogP contribution in [0.5, 0.6) is 5.75 Å². The molecule has 0 amide bonds. The number of carboxylic acid groups (broad SMARTS) is 1. The molecule has 0 aliphatic carbocycles. The van der Waals surface area contributed by atoms with Crippen LogP contribution in [-0.4, -0.2) is 17.7 Å². The first-order valence-electron chi connectivity index (χ1n) is 5.34. The fraction of sp³-hybridized carbons (Fsp3) is 0.308. The second kappa shape index (κ2) is 5.95. The Labute approximate surface area is 95.4 Å². The minimum absolute atomic E-state index is 0.407. The third-order valence-corrected chi connectivity index (χ3v) is 2.19. The topological polar surface area (TPSA) is 46.5 Å². The predicted octanol–water partition coefficient (Wildman–Crippen LogP) is 2.96. The van der Waals surface area contributed by atoms with Crippen molar-refractivity contribution in [3.63, 3.8) is 0 Å². The lowest BCUT2D eigenvalue weighted by atomic mass is 10.1. The van der Waals surface area contributed by atoms with E-state index in [-0.39, 0.29) is 0 Å². The monoisotopic (exact) mass is 220 g/mol. The van der Waals surface area contributed by atoms with Crippen LogP contribution in [-0.2, 0) is 4.79 Å². The Bertz CT molecular complexity index is 377. The zero-order valence-electron chi connectivity index (χ0n) is 9.56. The molecule has 3 nitrogen and oxygen atoms in total. The fourth-order valence-corrected chi connectivity index (χ4v) is 1.34. The second-order valence-corrected chi connectivity index (χ2v) is 3.33. The minimum atomic E-state index is -0.864. The first-order valence-corrected chi connectivity index (χ1v) is 5.34. The molecule has 1 aromatic carbocycles. The molecule has 0 bridgehead atoms. The molecule has 1 N–H and O–H groups in total. The molecule has 0 saturated carbocycles. The highest BCUT2D eigenvalue weighted by atomic mass is 16.5. The molecular formula is C13H16O3. The van der Waals surface area contributed by atoms with Crippen molar-refractivity contribution in [3.05, 3.63) is 35.4 Å². The Hall–Kier alpha value is -1.77. The summed E-state index contributed by atoms with van der Waals surface area (Å²) in [5.41, 5.74) is 1.28. The number of carboxylic acids is 1. The second-order valence-electron chi connectivity index (χ2n) is 3.33. The summed E-state index contributed by atoms with van der Waals surface area (Å²) in [6, 6.07) is 7.38. The largest absolute Gasteiger partial charge is 0.494 e. The Morgan fingerprint density at radius 1 is 1.31 bits per heavy atom. The van der Waals surface area contributed by atoms with Crippen LogP contribution >= 0.6 is 0 Å². The van der Waals surface area contributed by atoms with Crippen LogP contribution in [0.3, 0.4) is 0 Å². The van der Waals surface area contributed by atoms with Gasteiger partial charge in [-0.25, -0.2) is 4.79 Å². The van der Waals surface area contributed by atoms with E-state index in [2.05, 4.69) is 0 Å². The third-order valence-electron chi connectivity index (χ3n) is 2.19. The van der Waals surface area contributed by atoms with Gasteiger partial charge in [0.2, 0.25) is 0 Å². The number of rotatable bonds is 5. The van der Waals surface area contributed by atoms with Crippen LogP contribution in [0.2, 0.25) is 0 Å². The smallest absolute Gasteiger partial charge is 0.331 e. The van der Waals surface area contributed by atoms with Gasteiger partial charge < -0.3 is 9.84 Å². The molecular weight excluding hydrogens is 204 g/mol. The Kier molecular flexibility index (Phi) is 4.58. The quantitative estimate of drug-likeness (QED) is 0.776. The van der Waals surface area contributed by atoms with Crippen LogP contribution in [0, 0.1) is 0 Å². The maximum atomic E-state index is 10.8. The van der Waals surface area contributed by atoms with Gasteiger partial charge in [0, 0.05) is 5.57 Å². The third kappa shape index (κ3) is 3.42. The van der Waals surface area contributed by atoms with Gasteiger partial charge in [-0.1, -0.05) is 19.1 Å². The normalized spacial score (nSPS) is 11.2. The van der Waals surface area contributed by atoms with Gasteiger partial charge in [-0.2, -0.15) is 0 Å². The summed E-state index contributed by atoms with van der Waals surface area (Å²) >= 11 is 0. The summed E-state index contributed by atoms with van der Waals surface area (Å²) in [6.45, 7) is 4.38. The molecule has 0 spiro atoms. The molecule has 1 aromatic rings. The van der Waals surface area contributed by atoms with Crippen molar-refractivity contribution in [2.24, 2.45) is 0 Å². The first kappa shape index (κ1) is 12.3. The summed E-state index contributed by atoms with van der Waals surface area (Å²) in [5, 5.41) is 8.88. The van der Waals surface area contributed by atoms with E-state index < -0.39 is 5.97 Å². The predicted molar refractivity (Wildman–Crippen MR) is 63.5 cm³/mol. The molecule has 3 heteroatoms. The minimum Gasteiger partial charge on any atom is -0.494 e.